The molecule has 0 bridgehead atoms. The lowest BCUT2D eigenvalue weighted by atomic mass is 10.0. The highest BCUT2D eigenvalue weighted by Crippen LogP contribution is 2.32. The standard InChI is InChI=1S/C18H19F3N4O/c1-23-8-6-15-14(11-23)16(26)25(17-22-7-9-24(15)17)10-12-2-4-13(5-3-12)18(19,20)21/h2-5H,6-11H2,1H3. The van der Waals surface area contributed by atoms with Crippen molar-refractivity contribution >= 4 is 11.9 Å². The first kappa shape index (κ1) is 17.1. The summed E-state index contributed by atoms with van der Waals surface area (Å²) in [5.41, 5.74) is 1.78. The highest BCUT2D eigenvalue weighted by atomic mass is 19.4. The second-order valence-electron chi connectivity index (χ2n) is 6.83. The summed E-state index contributed by atoms with van der Waals surface area (Å²) < 4.78 is 38.2. The molecule has 0 atom stereocenters. The van der Waals surface area contributed by atoms with Crippen LogP contribution in [0.4, 0.5) is 13.2 Å². The van der Waals surface area contributed by atoms with Crippen LogP contribution in [0.1, 0.15) is 17.5 Å². The number of likely N-dealkylation sites (N-methyl/N-ethyl adjacent to an activating group) is 1. The first-order valence-corrected chi connectivity index (χ1v) is 8.55. The van der Waals surface area contributed by atoms with Crippen molar-refractivity contribution in [1.29, 1.82) is 0 Å². The minimum absolute atomic E-state index is 0.0941. The van der Waals surface area contributed by atoms with Crippen LogP contribution in [0.3, 0.4) is 0 Å². The van der Waals surface area contributed by atoms with Gasteiger partial charge in [-0.05, 0) is 24.7 Å². The Morgan fingerprint density at radius 1 is 1.15 bits per heavy atom. The molecule has 0 spiro atoms. The number of amides is 1. The Balaban J connectivity index is 1.62. The number of halogens is 3. The van der Waals surface area contributed by atoms with Gasteiger partial charge in [0.25, 0.3) is 5.91 Å². The van der Waals surface area contributed by atoms with Crippen molar-refractivity contribution in [3.8, 4) is 0 Å². The van der Waals surface area contributed by atoms with Crippen LogP contribution in [0.5, 0.6) is 0 Å². The Bertz CT molecular complexity index is 798. The molecular formula is C18H19F3N4O. The lowest BCUT2D eigenvalue weighted by Gasteiger charge is -2.41. The number of alkyl halides is 3. The molecule has 0 radical (unpaired) electrons. The Morgan fingerprint density at radius 3 is 2.58 bits per heavy atom. The molecule has 1 aromatic rings. The summed E-state index contributed by atoms with van der Waals surface area (Å²) >= 11 is 0. The lowest BCUT2D eigenvalue weighted by molar-refractivity contribution is -0.137. The van der Waals surface area contributed by atoms with E-state index in [1.165, 1.54) is 12.1 Å². The van der Waals surface area contributed by atoms with Gasteiger partial charge in [0.2, 0.25) is 5.96 Å². The molecule has 8 heteroatoms. The van der Waals surface area contributed by atoms with Gasteiger partial charge in [0.05, 0.1) is 24.2 Å². The molecule has 138 valence electrons. The summed E-state index contributed by atoms with van der Waals surface area (Å²) in [5.74, 6) is 0.529. The average Bonchev–Trinajstić information content (AvgIpc) is 3.08. The molecule has 0 N–H and O–H groups in total. The Kier molecular flexibility index (Phi) is 4.02. The predicted molar refractivity (Wildman–Crippen MR) is 90.1 cm³/mol. The number of hydrogen-bond donors (Lipinski definition) is 0. The molecule has 5 nitrogen and oxygen atoms in total. The summed E-state index contributed by atoms with van der Waals surface area (Å²) in [6.45, 7) is 3.07. The van der Waals surface area contributed by atoms with Crippen LogP contribution in [0, 0.1) is 0 Å². The molecule has 1 aromatic carbocycles. The maximum absolute atomic E-state index is 13.0. The van der Waals surface area contributed by atoms with Gasteiger partial charge in [0, 0.05) is 31.8 Å². The smallest absolute Gasteiger partial charge is 0.314 e. The van der Waals surface area contributed by atoms with E-state index in [-0.39, 0.29) is 12.5 Å². The minimum atomic E-state index is -4.36. The third-order valence-corrected chi connectivity index (χ3v) is 5.02. The fraction of sp³-hybridized carbons (Fsp3) is 0.444. The van der Waals surface area contributed by atoms with E-state index in [1.54, 1.807) is 4.90 Å². The van der Waals surface area contributed by atoms with Crippen LogP contribution >= 0.6 is 0 Å². The van der Waals surface area contributed by atoms with Gasteiger partial charge >= 0.3 is 6.18 Å². The summed E-state index contributed by atoms with van der Waals surface area (Å²) in [5, 5.41) is 0. The minimum Gasteiger partial charge on any atom is -0.314 e. The van der Waals surface area contributed by atoms with Crippen molar-refractivity contribution in [3.63, 3.8) is 0 Å². The molecule has 0 aliphatic carbocycles. The van der Waals surface area contributed by atoms with E-state index in [0.29, 0.717) is 24.6 Å². The molecule has 3 heterocycles. The average molecular weight is 364 g/mol. The van der Waals surface area contributed by atoms with Crippen LogP contribution in [0.2, 0.25) is 0 Å². The van der Waals surface area contributed by atoms with Crippen LogP contribution in [0.25, 0.3) is 0 Å². The highest BCUT2D eigenvalue weighted by Gasteiger charge is 2.40. The number of aliphatic imine (C=N–C) groups is 1. The largest absolute Gasteiger partial charge is 0.416 e. The summed E-state index contributed by atoms with van der Waals surface area (Å²) in [4.78, 5) is 23.3. The fourth-order valence-electron chi connectivity index (χ4n) is 3.68. The van der Waals surface area contributed by atoms with Gasteiger partial charge < -0.3 is 9.80 Å². The van der Waals surface area contributed by atoms with Crippen molar-refractivity contribution in [2.24, 2.45) is 4.99 Å². The van der Waals surface area contributed by atoms with Gasteiger partial charge in [-0.15, -0.1) is 0 Å². The highest BCUT2D eigenvalue weighted by molar-refractivity contribution is 6.09. The van der Waals surface area contributed by atoms with Gasteiger partial charge in [-0.3, -0.25) is 14.7 Å². The molecule has 0 unspecified atom stereocenters. The van der Waals surface area contributed by atoms with Crippen LogP contribution in [-0.4, -0.2) is 59.8 Å². The zero-order valence-electron chi connectivity index (χ0n) is 14.4. The first-order chi connectivity index (χ1) is 12.3. The van der Waals surface area contributed by atoms with Crippen LogP contribution in [-0.2, 0) is 17.5 Å². The maximum Gasteiger partial charge on any atom is 0.416 e. The van der Waals surface area contributed by atoms with Gasteiger partial charge in [0.1, 0.15) is 0 Å². The third kappa shape index (κ3) is 2.88. The SMILES string of the molecule is CN1CCC2=C(C1)C(=O)N(Cc1ccc(C(F)(F)F)cc1)C1=NCCN12. The number of nitrogens with zero attached hydrogens (tertiary/aromatic N) is 4. The molecule has 0 saturated heterocycles. The summed E-state index contributed by atoms with van der Waals surface area (Å²) in [6.07, 6.45) is -3.55. The third-order valence-electron chi connectivity index (χ3n) is 5.02. The summed E-state index contributed by atoms with van der Waals surface area (Å²) in [7, 11) is 1.98. The molecule has 26 heavy (non-hydrogen) atoms. The molecule has 0 saturated carbocycles. The number of guanidine groups is 1. The monoisotopic (exact) mass is 364 g/mol. The van der Waals surface area contributed by atoms with Crippen LogP contribution < -0.4 is 0 Å². The van der Waals surface area contributed by atoms with E-state index in [2.05, 4.69) is 14.8 Å². The molecule has 3 aliphatic heterocycles. The Hall–Kier alpha value is -2.35. The van der Waals surface area contributed by atoms with Gasteiger partial charge in [-0.1, -0.05) is 12.1 Å². The first-order valence-electron chi connectivity index (χ1n) is 8.55. The van der Waals surface area contributed by atoms with Crippen LogP contribution in [0.15, 0.2) is 40.5 Å². The summed E-state index contributed by atoms with van der Waals surface area (Å²) in [6, 6.07) is 4.95. The number of rotatable bonds is 2. The molecule has 1 amide bonds. The number of carbonyl (C=O) groups excluding carboxylic acids is 1. The molecule has 4 rings (SSSR count). The van der Waals surface area contributed by atoms with Gasteiger partial charge in [-0.2, -0.15) is 13.2 Å². The number of benzene rings is 1. The Morgan fingerprint density at radius 2 is 1.88 bits per heavy atom. The van der Waals surface area contributed by atoms with E-state index < -0.39 is 11.7 Å². The molecular weight excluding hydrogens is 345 g/mol. The van der Waals surface area contributed by atoms with Crippen molar-refractivity contribution in [2.45, 2.75) is 19.1 Å². The topological polar surface area (TPSA) is 39.2 Å². The van der Waals surface area contributed by atoms with Crippen molar-refractivity contribution in [3.05, 3.63) is 46.7 Å². The van der Waals surface area contributed by atoms with Crippen molar-refractivity contribution in [2.75, 3.05) is 33.2 Å². The fourth-order valence-corrected chi connectivity index (χ4v) is 3.68. The zero-order valence-corrected chi connectivity index (χ0v) is 14.4. The molecule has 3 aliphatic rings. The second kappa shape index (κ2) is 6.12. The quantitative estimate of drug-likeness (QED) is 0.809. The molecule has 0 aromatic heterocycles. The van der Waals surface area contributed by atoms with E-state index >= 15 is 0 Å². The van der Waals surface area contributed by atoms with Crippen molar-refractivity contribution < 1.29 is 18.0 Å². The molecule has 0 fully saturated rings. The number of carbonyl (C=O) groups is 1. The normalized spacial score (nSPS) is 21.1. The number of fused-ring (bicyclic) bond motifs is 2. The lowest BCUT2D eigenvalue weighted by Crippen LogP contribution is -2.53. The van der Waals surface area contributed by atoms with E-state index in [9.17, 15) is 18.0 Å². The second-order valence-corrected chi connectivity index (χ2v) is 6.83. The predicted octanol–water partition coefficient (Wildman–Crippen LogP) is 2.31. The van der Waals surface area contributed by atoms with Crippen molar-refractivity contribution in [1.82, 2.24) is 14.7 Å². The Labute approximate surface area is 149 Å². The maximum atomic E-state index is 13.0. The number of hydrogen-bond acceptors (Lipinski definition) is 4. The van der Waals surface area contributed by atoms with E-state index in [0.717, 1.165) is 42.9 Å². The van der Waals surface area contributed by atoms with Gasteiger partial charge in [0.15, 0.2) is 0 Å². The van der Waals surface area contributed by atoms with Gasteiger partial charge in [-0.25, -0.2) is 0 Å². The van der Waals surface area contributed by atoms with E-state index in [1.807, 2.05) is 7.05 Å². The van der Waals surface area contributed by atoms with E-state index in [4.69, 9.17) is 0 Å². The zero-order chi connectivity index (χ0) is 18.5.